The number of likely N-dealkylation sites (tertiary alicyclic amines) is 1. The van der Waals surface area contributed by atoms with Crippen LogP contribution >= 0.6 is 0 Å². The number of hydrogen-bond donors (Lipinski definition) is 1. The van der Waals surface area contributed by atoms with Gasteiger partial charge < -0.3 is 15.0 Å². The summed E-state index contributed by atoms with van der Waals surface area (Å²) >= 11 is 0. The van der Waals surface area contributed by atoms with Gasteiger partial charge in [0.05, 0.1) is 6.61 Å². The van der Waals surface area contributed by atoms with E-state index in [1.807, 2.05) is 59.5 Å². The maximum absolute atomic E-state index is 12.6. The van der Waals surface area contributed by atoms with Gasteiger partial charge in [-0.3, -0.25) is 9.59 Å². The van der Waals surface area contributed by atoms with E-state index >= 15 is 0 Å². The standard InChI is InChI=1S/C23H24N2O3/c26-22(9-6-17-4-2-1-3-5-17)25-13-10-18(11-14-25)23(27)24-20-7-8-21-19(16-20)12-15-28-21/h1-9,16,18H,10-15H2,(H,24,27)/b9-6+. The normalized spacial score (nSPS) is 16.6. The minimum absolute atomic E-state index is 0.00123. The minimum atomic E-state index is -0.0633. The van der Waals surface area contributed by atoms with Crippen LogP contribution in [0, 0.1) is 5.92 Å². The van der Waals surface area contributed by atoms with E-state index in [1.165, 1.54) is 0 Å². The Labute approximate surface area is 165 Å². The molecule has 0 saturated carbocycles. The molecule has 0 unspecified atom stereocenters. The zero-order valence-electron chi connectivity index (χ0n) is 15.8. The zero-order valence-corrected chi connectivity index (χ0v) is 15.8. The van der Waals surface area contributed by atoms with E-state index < -0.39 is 0 Å². The molecule has 0 radical (unpaired) electrons. The van der Waals surface area contributed by atoms with Crippen LogP contribution < -0.4 is 10.1 Å². The van der Waals surface area contributed by atoms with Gasteiger partial charge in [-0.1, -0.05) is 30.3 Å². The molecule has 2 amide bonds. The van der Waals surface area contributed by atoms with Crippen LogP contribution in [0.1, 0.15) is 24.0 Å². The maximum Gasteiger partial charge on any atom is 0.246 e. The van der Waals surface area contributed by atoms with E-state index in [1.54, 1.807) is 6.08 Å². The molecule has 0 atom stereocenters. The van der Waals surface area contributed by atoms with Gasteiger partial charge in [0.25, 0.3) is 0 Å². The summed E-state index contributed by atoms with van der Waals surface area (Å²) in [6.07, 6.45) is 5.70. The molecule has 0 spiro atoms. The second-order valence-electron chi connectivity index (χ2n) is 7.25. The predicted octanol–water partition coefficient (Wildman–Crippen LogP) is 3.51. The monoisotopic (exact) mass is 376 g/mol. The van der Waals surface area contributed by atoms with Gasteiger partial charge >= 0.3 is 0 Å². The fourth-order valence-electron chi connectivity index (χ4n) is 3.71. The first-order valence-corrected chi connectivity index (χ1v) is 9.78. The Balaban J connectivity index is 1.28. The third kappa shape index (κ3) is 4.25. The summed E-state index contributed by atoms with van der Waals surface area (Å²) in [7, 11) is 0. The summed E-state index contributed by atoms with van der Waals surface area (Å²) in [5.41, 5.74) is 2.96. The van der Waals surface area contributed by atoms with Gasteiger partial charge in [0.15, 0.2) is 0 Å². The number of hydrogen-bond acceptors (Lipinski definition) is 3. The van der Waals surface area contributed by atoms with E-state index in [-0.39, 0.29) is 17.7 Å². The van der Waals surface area contributed by atoms with Crippen molar-refractivity contribution in [3.63, 3.8) is 0 Å². The number of rotatable bonds is 4. The number of carbonyl (C=O) groups is 2. The lowest BCUT2D eigenvalue weighted by Gasteiger charge is -2.30. The molecular formula is C23H24N2O3. The molecule has 0 aliphatic carbocycles. The van der Waals surface area contributed by atoms with E-state index in [4.69, 9.17) is 4.74 Å². The number of carbonyl (C=O) groups excluding carboxylic acids is 2. The van der Waals surface area contributed by atoms with Crippen molar-refractivity contribution in [2.45, 2.75) is 19.3 Å². The van der Waals surface area contributed by atoms with Gasteiger partial charge in [-0.15, -0.1) is 0 Å². The summed E-state index contributed by atoms with van der Waals surface area (Å²) in [4.78, 5) is 26.8. The number of anilines is 1. The number of ether oxygens (including phenoxy) is 1. The fourth-order valence-corrected chi connectivity index (χ4v) is 3.71. The van der Waals surface area contributed by atoms with Crippen LogP contribution in [0.2, 0.25) is 0 Å². The molecule has 2 heterocycles. The number of amides is 2. The van der Waals surface area contributed by atoms with Crippen molar-refractivity contribution in [3.8, 4) is 5.75 Å². The molecule has 2 aliphatic heterocycles. The smallest absolute Gasteiger partial charge is 0.246 e. The SMILES string of the molecule is O=C(Nc1ccc2c(c1)CCO2)C1CCN(C(=O)/C=C/c2ccccc2)CC1. The second-order valence-corrected chi connectivity index (χ2v) is 7.25. The molecule has 2 aromatic carbocycles. The minimum Gasteiger partial charge on any atom is -0.493 e. The lowest BCUT2D eigenvalue weighted by molar-refractivity contribution is -0.130. The van der Waals surface area contributed by atoms with Crippen LogP contribution in [0.4, 0.5) is 5.69 Å². The number of benzene rings is 2. The van der Waals surface area contributed by atoms with Crippen molar-refractivity contribution >= 4 is 23.6 Å². The van der Waals surface area contributed by atoms with Crippen LogP contribution in [0.5, 0.6) is 5.75 Å². The van der Waals surface area contributed by atoms with Crippen molar-refractivity contribution in [1.29, 1.82) is 0 Å². The highest BCUT2D eigenvalue weighted by atomic mass is 16.5. The van der Waals surface area contributed by atoms with E-state index in [0.717, 1.165) is 29.0 Å². The highest BCUT2D eigenvalue weighted by molar-refractivity contribution is 5.94. The van der Waals surface area contributed by atoms with Crippen molar-refractivity contribution < 1.29 is 14.3 Å². The lowest BCUT2D eigenvalue weighted by Crippen LogP contribution is -2.40. The van der Waals surface area contributed by atoms with Crippen LogP contribution in [-0.4, -0.2) is 36.4 Å². The average molecular weight is 376 g/mol. The first kappa shape index (κ1) is 18.3. The molecule has 5 nitrogen and oxygen atoms in total. The van der Waals surface area contributed by atoms with Gasteiger partial charge in [0, 0.05) is 37.2 Å². The van der Waals surface area contributed by atoms with Crippen LogP contribution in [0.3, 0.4) is 0 Å². The van der Waals surface area contributed by atoms with Crippen molar-refractivity contribution in [2.24, 2.45) is 5.92 Å². The van der Waals surface area contributed by atoms with Crippen LogP contribution in [0.25, 0.3) is 6.08 Å². The molecule has 28 heavy (non-hydrogen) atoms. The van der Waals surface area contributed by atoms with E-state index in [0.29, 0.717) is 32.5 Å². The molecule has 0 bridgehead atoms. The first-order valence-electron chi connectivity index (χ1n) is 9.78. The van der Waals surface area contributed by atoms with Gasteiger partial charge in [-0.25, -0.2) is 0 Å². The van der Waals surface area contributed by atoms with Crippen molar-refractivity contribution in [3.05, 3.63) is 65.7 Å². The van der Waals surface area contributed by atoms with Gasteiger partial charge in [-0.05, 0) is 48.2 Å². The highest BCUT2D eigenvalue weighted by Gasteiger charge is 2.26. The summed E-state index contributed by atoms with van der Waals surface area (Å²) in [5, 5.41) is 3.02. The Kier molecular flexibility index (Phi) is 5.42. The third-order valence-corrected chi connectivity index (χ3v) is 5.35. The summed E-state index contributed by atoms with van der Waals surface area (Å²) in [5.74, 6) is 0.882. The second kappa shape index (κ2) is 8.30. The fraction of sp³-hybridized carbons (Fsp3) is 0.304. The van der Waals surface area contributed by atoms with Gasteiger partial charge in [-0.2, -0.15) is 0 Å². The number of nitrogens with one attached hydrogen (secondary N) is 1. The molecule has 2 aliphatic rings. The first-order chi connectivity index (χ1) is 13.7. The lowest BCUT2D eigenvalue weighted by atomic mass is 9.95. The molecule has 5 heteroatoms. The molecule has 4 rings (SSSR count). The van der Waals surface area contributed by atoms with E-state index in [9.17, 15) is 9.59 Å². The zero-order chi connectivity index (χ0) is 19.3. The molecule has 0 aromatic heterocycles. The molecule has 1 fully saturated rings. The average Bonchev–Trinajstić information content (AvgIpc) is 3.21. The number of piperidine rings is 1. The number of nitrogens with zero attached hydrogens (tertiary/aromatic N) is 1. The Morgan fingerprint density at radius 1 is 1.07 bits per heavy atom. The molecule has 1 saturated heterocycles. The van der Waals surface area contributed by atoms with Crippen molar-refractivity contribution in [1.82, 2.24) is 4.90 Å². The summed E-state index contributed by atoms with van der Waals surface area (Å²) in [6, 6.07) is 15.6. The highest BCUT2D eigenvalue weighted by Crippen LogP contribution is 2.28. The van der Waals surface area contributed by atoms with E-state index in [2.05, 4.69) is 5.32 Å². The topological polar surface area (TPSA) is 58.6 Å². The summed E-state index contributed by atoms with van der Waals surface area (Å²) in [6.45, 7) is 1.92. The molecule has 144 valence electrons. The van der Waals surface area contributed by atoms with Gasteiger partial charge in [0.1, 0.15) is 5.75 Å². The molecular weight excluding hydrogens is 352 g/mol. The quantitative estimate of drug-likeness (QED) is 0.831. The summed E-state index contributed by atoms with van der Waals surface area (Å²) < 4.78 is 5.50. The Morgan fingerprint density at radius 2 is 1.86 bits per heavy atom. The third-order valence-electron chi connectivity index (χ3n) is 5.35. The maximum atomic E-state index is 12.6. The Bertz CT molecular complexity index is 884. The predicted molar refractivity (Wildman–Crippen MR) is 109 cm³/mol. The number of fused-ring (bicyclic) bond motifs is 1. The largest absolute Gasteiger partial charge is 0.493 e. The van der Waals surface area contributed by atoms with Crippen LogP contribution in [0.15, 0.2) is 54.6 Å². The van der Waals surface area contributed by atoms with Crippen LogP contribution in [-0.2, 0) is 16.0 Å². The Morgan fingerprint density at radius 3 is 2.64 bits per heavy atom. The molecule has 1 N–H and O–H groups in total. The van der Waals surface area contributed by atoms with Crippen molar-refractivity contribution in [2.75, 3.05) is 25.0 Å². The molecule has 2 aromatic rings. The van der Waals surface area contributed by atoms with Gasteiger partial charge in [0.2, 0.25) is 11.8 Å². The Hall–Kier alpha value is -3.08.